The predicted molar refractivity (Wildman–Crippen MR) is 172 cm³/mol. The van der Waals surface area contributed by atoms with Gasteiger partial charge >= 0.3 is 6.01 Å². The van der Waals surface area contributed by atoms with E-state index in [0.717, 1.165) is 24.8 Å². The number of aromatic nitrogens is 3. The summed E-state index contributed by atoms with van der Waals surface area (Å²) >= 11 is 6.60. The van der Waals surface area contributed by atoms with Crippen LogP contribution < -0.4 is 9.64 Å². The Labute approximate surface area is 265 Å². The summed E-state index contributed by atoms with van der Waals surface area (Å²) < 4.78 is 37.5. The summed E-state index contributed by atoms with van der Waals surface area (Å²) in [5.74, 6) is -0.302. The van der Waals surface area contributed by atoms with Gasteiger partial charge in [-0.2, -0.15) is 9.97 Å². The summed E-state index contributed by atoms with van der Waals surface area (Å²) in [7, 11) is 1.88. The van der Waals surface area contributed by atoms with Crippen LogP contribution in [-0.4, -0.2) is 87.7 Å². The number of likely N-dealkylation sites (tertiary alicyclic amines) is 1. The van der Waals surface area contributed by atoms with E-state index in [2.05, 4.69) is 21.4 Å². The van der Waals surface area contributed by atoms with Gasteiger partial charge in [0.1, 0.15) is 29.8 Å². The van der Waals surface area contributed by atoms with E-state index in [0.29, 0.717) is 53.1 Å². The number of hydrogen-bond acceptors (Lipinski definition) is 7. The molecule has 5 heterocycles. The van der Waals surface area contributed by atoms with Crippen LogP contribution in [0, 0.1) is 5.82 Å². The first-order chi connectivity index (χ1) is 21.7. The topological polar surface area (TPSA) is 74.7 Å². The number of amides is 1. The van der Waals surface area contributed by atoms with Gasteiger partial charge in [-0.15, -0.1) is 0 Å². The maximum atomic E-state index is 16.7. The molecule has 3 fully saturated rings. The number of rotatable bonds is 7. The normalized spacial score (nSPS) is 24.8. The minimum Gasteiger partial charge on any atom is -0.461 e. The van der Waals surface area contributed by atoms with E-state index in [9.17, 15) is 9.18 Å². The highest BCUT2D eigenvalue weighted by atomic mass is 35.5. The van der Waals surface area contributed by atoms with Gasteiger partial charge in [0.05, 0.1) is 17.0 Å². The summed E-state index contributed by atoms with van der Waals surface area (Å²) in [6.45, 7) is 7.62. The second kappa shape index (κ2) is 11.5. The molecular formula is C34H35ClF2N6O2. The number of nitrogens with zero attached hydrogens (tertiary/aromatic N) is 6. The molecule has 0 saturated carbocycles. The number of carbonyl (C=O) groups is 1. The largest absolute Gasteiger partial charge is 0.461 e. The van der Waals surface area contributed by atoms with Crippen molar-refractivity contribution in [2.75, 3.05) is 38.2 Å². The highest BCUT2D eigenvalue weighted by Crippen LogP contribution is 2.41. The van der Waals surface area contributed by atoms with Crippen molar-refractivity contribution in [3.63, 3.8) is 0 Å². The van der Waals surface area contributed by atoms with Crippen LogP contribution in [0.1, 0.15) is 32.6 Å². The van der Waals surface area contributed by atoms with Crippen molar-refractivity contribution in [2.45, 2.75) is 56.4 Å². The average Bonchev–Trinajstić information content (AvgIpc) is 3.70. The molecule has 234 valence electrons. The number of likely N-dealkylation sites (N-methyl/N-ethyl adjacent to an activating group) is 1. The molecule has 3 aliphatic heterocycles. The third-order valence-corrected chi connectivity index (χ3v) is 10.3. The Morgan fingerprint density at radius 2 is 2.04 bits per heavy atom. The van der Waals surface area contributed by atoms with Gasteiger partial charge in [-0.25, -0.2) is 8.78 Å². The van der Waals surface area contributed by atoms with Gasteiger partial charge in [-0.05, 0) is 50.3 Å². The average molecular weight is 633 g/mol. The number of carbonyl (C=O) groups excluding carboxylic acids is 1. The monoisotopic (exact) mass is 632 g/mol. The molecule has 0 aliphatic carbocycles. The number of fused-ring (bicyclic) bond motifs is 3. The molecule has 0 spiro atoms. The van der Waals surface area contributed by atoms with Gasteiger partial charge < -0.3 is 14.5 Å². The van der Waals surface area contributed by atoms with Crippen LogP contribution in [0.4, 0.5) is 14.6 Å². The Hall–Kier alpha value is -3.89. The lowest BCUT2D eigenvalue weighted by molar-refractivity contribution is -0.126. The standard InChI is InChI=1S/C34H35ClF2N6O2/c1-4-27(44)43-15-12-26(20(43)2)41(3)32-24-17-38-30(23-10-5-8-21-9-6-11-25(35)28(21)23)29(37)31(24)39-33(40-32)45-19-34-13-7-14-42(34)18-22(36)16-34/h4-6,8-11,17,20,22,26H,1,7,12-16,18-19H2,2-3H3/t20-,22-,26-,34+/m1/s1. The number of alkyl halides is 1. The van der Waals surface area contributed by atoms with Crippen molar-refractivity contribution in [1.82, 2.24) is 24.8 Å². The maximum Gasteiger partial charge on any atom is 0.319 e. The Bertz CT molecular complexity index is 1820. The van der Waals surface area contributed by atoms with E-state index in [1.807, 2.05) is 43.1 Å². The SMILES string of the molecule is C=CC(=O)N1CC[C@@H](N(C)c2nc(OC[C@@]34CCCN3C[C@H](F)C4)nc3c(F)c(-c4cccc5cccc(Cl)c45)ncc23)[C@H]1C. The second-order valence-electron chi connectivity index (χ2n) is 12.5. The molecule has 0 radical (unpaired) electrons. The summed E-state index contributed by atoms with van der Waals surface area (Å²) in [4.78, 5) is 32.4. The van der Waals surface area contributed by atoms with E-state index in [4.69, 9.17) is 21.3 Å². The molecule has 3 saturated heterocycles. The Kier molecular flexibility index (Phi) is 7.60. The molecule has 3 aliphatic rings. The Morgan fingerprint density at radius 1 is 1.24 bits per heavy atom. The third kappa shape index (κ3) is 4.98. The lowest BCUT2D eigenvalue weighted by Crippen LogP contribution is -2.44. The molecule has 45 heavy (non-hydrogen) atoms. The first-order valence-corrected chi connectivity index (χ1v) is 15.8. The van der Waals surface area contributed by atoms with Crippen LogP contribution >= 0.6 is 11.6 Å². The maximum absolute atomic E-state index is 16.7. The number of hydrogen-bond donors (Lipinski definition) is 0. The first kappa shape index (κ1) is 29.8. The number of anilines is 1. The number of halogens is 3. The lowest BCUT2D eigenvalue weighted by atomic mass is 9.95. The molecule has 0 N–H and O–H groups in total. The number of pyridine rings is 1. The van der Waals surface area contributed by atoms with Crippen molar-refractivity contribution in [3.8, 4) is 17.3 Å². The van der Waals surface area contributed by atoms with Gasteiger partial charge in [-0.3, -0.25) is 14.7 Å². The van der Waals surface area contributed by atoms with Crippen LogP contribution in [0.5, 0.6) is 6.01 Å². The van der Waals surface area contributed by atoms with Crippen molar-refractivity contribution in [3.05, 3.63) is 66.1 Å². The summed E-state index contributed by atoms with van der Waals surface area (Å²) in [6.07, 6.45) is 4.89. The van der Waals surface area contributed by atoms with E-state index in [-0.39, 0.29) is 41.8 Å². The fraction of sp³-hybridized carbons (Fsp3) is 0.412. The van der Waals surface area contributed by atoms with Gasteiger partial charge in [0.2, 0.25) is 5.91 Å². The van der Waals surface area contributed by atoms with Crippen LogP contribution in [0.25, 0.3) is 32.9 Å². The molecule has 8 nitrogen and oxygen atoms in total. The summed E-state index contributed by atoms with van der Waals surface area (Å²) in [5, 5.41) is 2.48. The Morgan fingerprint density at radius 3 is 2.84 bits per heavy atom. The second-order valence-corrected chi connectivity index (χ2v) is 12.9. The highest BCUT2D eigenvalue weighted by Gasteiger charge is 2.49. The fourth-order valence-electron chi connectivity index (χ4n) is 7.71. The van der Waals surface area contributed by atoms with E-state index < -0.39 is 17.5 Å². The van der Waals surface area contributed by atoms with Crippen LogP contribution in [0.2, 0.25) is 5.02 Å². The zero-order valence-electron chi connectivity index (χ0n) is 25.3. The summed E-state index contributed by atoms with van der Waals surface area (Å²) in [6, 6.07) is 10.9. The van der Waals surface area contributed by atoms with Gasteiger partial charge in [-0.1, -0.05) is 48.5 Å². The van der Waals surface area contributed by atoms with E-state index in [1.54, 1.807) is 23.2 Å². The van der Waals surface area contributed by atoms with Gasteiger partial charge in [0.25, 0.3) is 0 Å². The predicted octanol–water partition coefficient (Wildman–Crippen LogP) is 6.20. The minimum absolute atomic E-state index is 0.0181. The van der Waals surface area contributed by atoms with Crippen LogP contribution in [0.3, 0.4) is 0 Å². The number of ether oxygens (including phenoxy) is 1. The molecule has 2 aromatic carbocycles. The quantitative estimate of drug-likeness (QED) is 0.225. The molecule has 0 unspecified atom stereocenters. The molecule has 4 aromatic rings. The van der Waals surface area contributed by atoms with Crippen molar-refractivity contribution < 1.29 is 18.3 Å². The smallest absolute Gasteiger partial charge is 0.319 e. The van der Waals surface area contributed by atoms with Crippen LogP contribution in [0.15, 0.2) is 55.3 Å². The van der Waals surface area contributed by atoms with E-state index in [1.165, 1.54) is 6.08 Å². The zero-order valence-corrected chi connectivity index (χ0v) is 26.1. The molecule has 1 amide bonds. The Balaban J connectivity index is 1.33. The lowest BCUT2D eigenvalue weighted by Gasteiger charge is -2.32. The molecule has 2 aromatic heterocycles. The zero-order chi connectivity index (χ0) is 31.5. The molecular weight excluding hydrogens is 598 g/mol. The molecule has 0 bridgehead atoms. The first-order valence-electron chi connectivity index (χ1n) is 15.4. The van der Waals surface area contributed by atoms with Gasteiger partial charge in [0, 0.05) is 54.8 Å². The van der Waals surface area contributed by atoms with Crippen molar-refractivity contribution in [2.24, 2.45) is 0 Å². The highest BCUT2D eigenvalue weighted by molar-refractivity contribution is 6.36. The van der Waals surface area contributed by atoms with Crippen LogP contribution in [-0.2, 0) is 4.79 Å². The fourth-order valence-corrected chi connectivity index (χ4v) is 7.99. The van der Waals surface area contributed by atoms with Crippen molar-refractivity contribution >= 4 is 45.0 Å². The van der Waals surface area contributed by atoms with Gasteiger partial charge in [0.15, 0.2) is 5.82 Å². The minimum atomic E-state index is -0.906. The number of benzene rings is 2. The molecule has 4 atom stereocenters. The third-order valence-electron chi connectivity index (χ3n) is 9.99. The van der Waals surface area contributed by atoms with Crippen molar-refractivity contribution in [1.29, 1.82) is 0 Å². The molecule has 7 rings (SSSR count). The summed E-state index contributed by atoms with van der Waals surface area (Å²) in [5.41, 5.74) is 0.317. The molecule has 11 heteroatoms. The van der Waals surface area contributed by atoms with E-state index >= 15 is 4.39 Å².